The van der Waals surface area contributed by atoms with Gasteiger partial charge in [-0.2, -0.15) is 0 Å². The third kappa shape index (κ3) is 3.20. The van der Waals surface area contributed by atoms with Crippen molar-refractivity contribution < 1.29 is 33.8 Å². The third-order valence-electron chi connectivity index (χ3n) is 3.48. The number of aliphatic hydroxyl groups excluding tert-OH is 2. The van der Waals surface area contributed by atoms with Crippen molar-refractivity contribution in [3.8, 4) is 0 Å². The highest BCUT2D eigenvalue weighted by Gasteiger charge is 2.45. The highest BCUT2D eigenvalue weighted by atomic mass is 32.1. The van der Waals surface area contributed by atoms with Gasteiger partial charge in [0.2, 0.25) is 0 Å². The number of nitrogens with zero attached hydrogens (tertiary/aromatic N) is 3. The molecule has 3 rings (SSSR count). The van der Waals surface area contributed by atoms with Crippen LogP contribution in [0.4, 0.5) is 5.95 Å². The topological polar surface area (TPSA) is 189 Å². The normalized spacial score (nSPS) is 27.8. The second kappa shape index (κ2) is 6.13. The quantitative estimate of drug-likeness (QED) is 0.276. The molecule has 0 unspecified atom stereocenters. The Morgan fingerprint density at radius 1 is 1.46 bits per heavy atom. The van der Waals surface area contributed by atoms with Gasteiger partial charge in [0.05, 0.1) is 12.9 Å². The van der Waals surface area contributed by atoms with Gasteiger partial charge in [0.1, 0.15) is 29.5 Å². The number of rotatable bonds is 4. The van der Waals surface area contributed by atoms with Gasteiger partial charge in [-0.1, -0.05) is 12.2 Å². The van der Waals surface area contributed by atoms with E-state index in [4.69, 9.17) is 32.5 Å². The second-order valence-electron chi connectivity index (χ2n) is 5.11. The Labute approximate surface area is 139 Å². The Balaban J connectivity index is 1.90. The number of nitrogens with two attached hydrogens (primary N) is 1. The van der Waals surface area contributed by atoms with Crippen molar-refractivity contribution in [3.05, 3.63) is 11.0 Å². The molecule has 24 heavy (non-hydrogen) atoms. The van der Waals surface area contributed by atoms with Gasteiger partial charge in [-0.15, -0.1) is 0 Å². The molecule has 7 N–H and O–H groups in total. The van der Waals surface area contributed by atoms with E-state index in [1.807, 2.05) is 0 Å². The molecule has 0 spiro atoms. The number of aromatic amines is 1. The van der Waals surface area contributed by atoms with Crippen molar-refractivity contribution in [2.75, 3.05) is 12.3 Å². The smallest absolute Gasteiger partial charge is 0.387 e. The zero-order valence-electron chi connectivity index (χ0n) is 11.9. The van der Waals surface area contributed by atoms with Crippen molar-refractivity contribution >= 4 is 37.2 Å². The summed E-state index contributed by atoms with van der Waals surface area (Å²) in [7, 11) is -4.73. The molecule has 14 heteroatoms. The first-order valence-corrected chi connectivity index (χ1v) is 8.55. The summed E-state index contributed by atoms with van der Waals surface area (Å²) in [5.41, 5.74) is 6.24. The predicted molar refractivity (Wildman–Crippen MR) is 81.0 cm³/mol. The van der Waals surface area contributed by atoms with Crippen LogP contribution < -0.4 is 5.73 Å². The first-order valence-electron chi connectivity index (χ1n) is 6.61. The molecular formula is C10H14N5O7PS. The number of nitrogen functional groups attached to an aromatic ring is 1. The number of aromatic nitrogens is 4. The van der Waals surface area contributed by atoms with Crippen LogP contribution in [0.25, 0.3) is 11.2 Å². The van der Waals surface area contributed by atoms with Crippen molar-refractivity contribution in [2.24, 2.45) is 0 Å². The summed E-state index contributed by atoms with van der Waals surface area (Å²) in [5.74, 6) is 0.0312. The molecule has 0 aliphatic carbocycles. The lowest BCUT2D eigenvalue weighted by Crippen LogP contribution is -2.33. The van der Waals surface area contributed by atoms with Gasteiger partial charge in [-0.25, -0.2) is 14.5 Å². The number of fused-ring (bicyclic) bond motifs is 1. The molecule has 1 saturated heterocycles. The molecule has 132 valence electrons. The predicted octanol–water partition coefficient (Wildman–Crippen LogP) is -1.20. The number of phosphoric acid groups is 1. The summed E-state index contributed by atoms with van der Waals surface area (Å²) in [5, 5.41) is 20.2. The van der Waals surface area contributed by atoms with Crippen LogP contribution in [0.1, 0.15) is 6.23 Å². The maximum absolute atomic E-state index is 10.8. The van der Waals surface area contributed by atoms with Crippen LogP contribution in [0, 0.1) is 4.64 Å². The average molecular weight is 379 g/mol. The maximum Gasteiger partial charge on any atom is 0.469 e. The van der Waals surface area contributed by atoms with Crippen LogP contribution in [-0.2, 0) is 13.8 Å². The highest BCUT2D eigenvalue weighted by Crippen LogP contribution is 2.38. The summed E-state index contributed by atoms with van der Waals surface area (Å²) in [6.07, 6.45) is -3.77. The molecule has 2 aromatic rings. The van der Waals surface area contributed by atoms with Crippen LogP contribution >= 0.6 is 20.0 Å². The Bertz CT molecular complexity index is 865. The van der Waals surface area contributed by atoms with Gasteiger partial charge in [-0.05, 0) is 0 Å². The molecule has 0 radical (unpaired) electrons. The third-order valence-corrected chi connectivity index (χ3v) is 4.25. The number of hydrogen-bond acceptors (Lipinski definition) is 9. The van der Waals surface area contributed by atoms with Crippen molar-refractivity contribution in [1.82, 2.24) is 19.5 Å². The molecule has 0 saturated carbocycles. The largest absolute Gasteiger partial charge is 0.469 e. The lowest BCUT2D eigenvalue weighted by molar-refractivity contribution is -0.0503. The summed E-state index contributed by atoms with van der Waals surface area (Å²) >= 11 is 5.04. The summed E-state index contributed by atoms with van der Waals surface area (Å²) in [6, 6.07) is 0. The van der Waals surface area contributed by atoms with E-state index in [-0.39, 0.29) is 10.6 Å². The summed E-state index contributed by atoms with van der Waals surface area (Å²) in [4.78, 5) is 28.1. The van der Waals surface area contributed by atoms with E-state index in [2.05, 4.69) is 19.5 Å². The fourth-order valence-corrected chi connectivity index (χ4v) is 3.00. The number of nitrogens with one attached hydrogen (secondary N) is 1. The van der Waals surface area contributed by atoms with Crippen LogP contribution in [0.3, 0.4) is 0 Å². The Kier molecular flexibility index (Phi) is 4.44. The Morgan fingerprint density at radius 3 is 2.83 bits per heavy atom. The molecular weight excluding hydrogens is 365 g/mol. The first kappa shape index (κ1) is 17.4. The lowest BCUT2D eigenvalue weighted by Gasteiger charge is -2.17. The molecule has 1 aliphatic rings. The van der Waals surface area contributed by atoms with E-state index >= 15 is 0 Å². The van der Waals surface area contributed by atoms with Gasteiger partial charge < -0.3 is 35.5 Å². The van der Waals surface area contributed by atoms with Crippen LogP contribution in [0.2, 0.25) is 0 Å². The number of H-pyrrole nitrogens is 1. The Morgan fingerprint density at radius 2 is 2.17 bits per heavy atom. The van der Waals surface area contributed by atoms with E-state index < -0.39 is 39.0 Å². The molecule has 4 atom stereocenters. The fraction of sp³-hybridized carbons (Fsp3) is 0.500. The first-order chi connectivity index (χ1) is 11.2. The van der Waals surface area contributed by atoms with E-state index in [0.29, 0.717) is 11.2 Å². The van der Waals surface area contributed by atoms with Gasteiger partial charge in [0, 0.05) is 0 Å². The van der Waals surface area contributed by atoms with E-state index in [1.165, 1.54) is 10.9 Å². The van der Waals surface area contributed by atoms with Gasteiger partial charge in [0.25, 0.3) is 0 Å². The molecule has 1 fully saturated rings. The molecule has 0 bridgehead atoms. The van der Waals surface area contributed by atoms with Crippen molar-refractivity contribution in [3.63, 3.8) is 0 Å². The zero-order chi connectivity index (χ0) is 17.6. The van der Waals surface area contributed by atoms with Gasteiger partial charge >= 0.3 is 7.82 Å². The van der Waals surface area contributed by atoms with E-state index in [0.717, 1.165) is 0 Å². The number of phosphoric ester groups is 1. The Hall–Kier alpha value is -1.44. The molecule has 2 aromatic heterocycles. The molecule has 0 amide bonds. The number of anilines is 1. The molecule has 0 aromatic carbocycles. The highest BCUT2D eigenvalue weighted by molar-refractivity contribution is 7.71. The van der Waals surface area contributed by atoms with Gasteiger partial charge in [0.15, 0.2) is 16.8 Å². The average Bonchev–Trinajstić information content (AvgIpc) is 3.00. The van der Waals surface area contributed by atoms with E-state index in [1.54, 1.807) is 0 Å². The molecule has 3 heterocycles. The van der Waals surface area contributed by atoms with Crippen LogP contribution in [0.5, 0.6) is 0 Å². The second-order valence-corrected chi connectivity index (χ2v) is 6.73. The molecule has 12 nitrogen and oxygen atoms in total. The van der Waals surface area contributed by atoms with Crippen LogP contribution in [-0.4, -0.2) is 64.4 Å². The minimum Gasteiger partial charge on any atom is -0.387 e. The fourth-order valence-electron chi connectivity index (χ4n) is 2.41. The number of imidazole rings is 1. The lowest BCUT2D eigenvalue weighted by atomic mass is 10.1. The standard InChI is InChI=1S/C10H14N5O7PS/c11-10-13-7-4(8(24)14-10)12-2-15(7)9-6(17)5(16)3(22-9)1-21-23(18,19)20/h2-3,5-6,9,16-17H,1H2,(H2,18,19,20)(H3,11,13,14,24)/t3-,5+,6-,9-/m0/s1. The summed E-state index contributed by atoms with van der Waals surface area (Å²) < 4.78 is 22.0. The number of hydrogen-bond donors (Lipinski definition) is 6. The number of ether oxygens (including phenoxy) is 1. The van der Waals surface area contributed by atoms with E-state index in [9.17, 15) is 14.8 Å². The number of aliphatic hydroxyl groups is 2. The minimum absolute atomic E-state index is 0.0312. The molecule has 1 aliphatic heterocycles. The van der Waals surface area contributed by atoms with Crippen molar-refractivity contribution in [1.29, 1.82) is 0 Å². The zero-order valence-corrected chi connectivity index (χ0v) is 13.6. The maximum atomic E-state index is 10.8. The SMILES string of the molecule is Nc1nc(=S)c2ncn([C@H]3O[C@@H](COP(=O)(O)O)[C@@H](O)[C@@H]3O)c2[nH]1. The minimum atomic E-state index is -4.73. The monoisotopic (exact) mass is 379 g/mol. The van der Waals surface area contributed by atoms with Crippen molar-refractivity contribution in [2.45, 2.75) is 24.5 Å². The van der Waals surface area contributed by atoms with Crippen LogP contribution in [0.15, 0.2) is 6.33 Å². The van der Waals surface area contributed by atoms with Gasteiger partial charge in [-0.3, -0.25) is 9.09 Å². The summed E-state index contributed by atoms with van der Waals surface area (Å²) in [6.45, 7) is -0.606.